The Morgan fingerprint density at radius 3 is 2.33 bits per heavy atom. The van der Waals surface area contributed by atoms with Crippen LogP contribution in [0.5, 0.6) is 0 Å². The van der Waals surface area contributed by atoms with Crippen LogP contribution < -0.4 is 5.32 Å². The summed E-state index contributed by atoms with van der Waals surface area (Å²) in [5, 5.41) is 29.1. The number of rotatable bonds is 1. The second-order valence-corrected chi connectivity index (χ2v) is 2.26. The molecule has 1 saturated heterocycles. The molecular weight excluding hydrogens is 122 g/mol. The molecule has 1 aliphatic heterocycles. The van der Waals surface area contributed by atoms with Crippen molar-refractivity contribution in [3.8, 4) is 0 Å². The van der Waals surface area contributed by atoms with Gasteiger partial charge in [0.2, 0.25) is 0 Å². The van der Waals surface area contributed by atoms with Crippen molar-refractivity contribution in [2.75, 3.05) is 13.2 Å². The van der Waals surface area contributed by atoms with E-state index in [0.29, 0.717) is 6.54 Å². The highest BCUT2D eigenvalue weighted by atomic mass is 16.3. The lowest BCUT2D eigenvalue weighted by Gasteiger charge is -2.11. The van der Waals surface area contributed by atoms with E-state index in [4.69, 9.17) is 15.3 Å². The third-order valence-corrected chi connectivity index (χ3v) is 1.59. The van der Waals surface area contributed by atoms with Crippen molar-refractivity contribution in [3.05, 3.63) is 0 Å². The summed E-state index contributed by atoms with van der Waals surface area (Å²) in [5.41, 5.74) is 0. The van der Waals surface area contributed by atoms with E-state index in [-0.39, 0.29) is 12.6 Å². The molecule has 0 aromatic rings. The average molecular weight is 133 g/mol. The van der Waals surface area contributed by atoms with Crippen molar-refractivity contribution in [1.29, 1.82) is 0 Å². The van der Waals surface area contributed by atoms with E-state index in [1.807, 2.05) is 0 Å². The second kappa shape index (κ2) is 2.62. The molecule has 0 saturated carbocycles. The highest BCUT2D eigenvalue weighted by Crippen LogP contribution is 2.05. The summed E-state index contributed by atoms with van der Waals surface area (Å²) in [6, 6.07) is -0.347. The molecule has 0 radical (unpaired) electrons. The van der Waals surface area contributed by atoms with Crippen LogP contribution in [0.25, 0.3) is 0 Å². The Balaban J connectivity index is 2.41. The molecular formula is C5H11NO3. The van der Waals surface area contributed by atoms with Crippen molar-refractivity contribution in [3.63, 3.8) is 0 Å². The van der Waals surface area contributed by atoms with Crippen molar-refractivity contribution < 1.29 is 15.3 Å². The lowest BCUT2D eigenvalue weighted by atomic mass is 10.1. The first-order valence-electron chi connectivity index (χ1n) is 2.96. The molecule has 1 fully saturated rings. The summed E-state index contributed by atoms with van der Waals surface area (Å²) in [4.78, 5) is 0. The van der Waals surface area contributed by atoms with Gasteiger partial charge in [0.05, 0.1) is 24.9 Å². The van der Waals surface area contributed by atoms with Crippen LogP contribution in [0.2, 0.25) is 0 Å². The van der Waals surface area contributed by atoms with Crippen LogP contribution in [0.1, 0.15) is 0 Å². The van der Waals surface area contributed by atoms with Gasteiger partial charge in [0.1, 0.15) is 0 Å². The summed E-state index contributed by atoms with van der Waals surface area (Å²) in [5.74, 6) is 0. The second-order valence-electron chi connectivity index (χ2n) is 2.26. The maximum atomic E-state index is 8.98. The molecule has 54 valence electrons. The van der Waals surface area contributed by atoms with Crippen LogP contribution in [0, 0.1) is 0 Å². The number of aliphatic hydroxyl groups excluding tert-OH is 3. The zero-order chi connectivity index (χ0) is 6.85. The molecule has 4 nitrogen and oxygen atoms in total. The molecule has 4 N–H and O–H groups in total. The molecule has 0 amide bonds. The highest BCUT2D eigenvalue weighted by molar-refractivity contribution is 4.89. The first kappa shape index (κ1) is 6.95. The molecule has 1 rings (SSSR count). The third-order valence-electron chi connectivity index (χ3n) is 1.59. The number of hydrogen-bond donors (Lipinski definition) is 4. The van der Waals surface area contributed by atoms with Crippen LogP contribution in [-0.2, 0) is 0 Å². The van der Waals surface area contributed by atoms with Gasteiger partial charge in [-0.05, 0) is 0 Å². The first-order chi connectivity index (χ1) is 4.25. The smallest absolute Gasteiger partial charge is 0.0986 e. The molecule has 9 heavy (non-hydrogen) atoms. The van der Waals surface area contributed by atoms with Gasteiger partial charge in [0.15, 0.2) is 0 Å². The molecule has 0 aromatic carbocycles. The minimum absolute atomic E-state index is 0.127. The van der Waals surface area contributed by atoms with E-state index in [0.717, 1.165) is 0 Å². The van der Waals surface area contributed by atoms with E-state index < -0.39 is 12.2 Å². The largest absolute Gasteiger partial charge is 0.395 e. The molecule has 1 aliphatic rings. The number of nitrogens with one attached hydrogen (secondary N) is 1. The quantitative estimate of drug-likeness (QED) is 0.324. The predicted molar refractivity (Wildman–Crippen MR) is 30.9 cm³/mol. The van der Waals surface area contributed by atoms with Crippen molar-refractivity contribution >= 4 is 0 Å². The topological polar surface area (TPSA) is 72.7 Å². The Kier molecular flexibility index (Phi) is 2.02. The van der Waals surface area contributed by atoms with Crippen LogP contribution in [-0.4, -0.2) is 46.7 Å². The Hall–Kier alpha value is -0.160. The molecule has 4 heteroatoms. The fourth-order valence-corrected chi connectivity index (χ4v) is 0.954. The summed E-state index contributed by atoms with van der Waals surface area (Å²) < 4.78 is 0. The van der Waals surface area contributed by atoms with E-state index in [1.165, 1.54) is 0 Å². The molecule has 0 spiro atoms. The van der Waals surface area contributed by atoms with E-state index in [9.17, 15) is 0 Å². The van der Waals surface area contributed by atoms with Crippen LogP contribution in [0.3, 0.4) is 0 Å². The van der Waals surface area contributed by atoms with Gasteiger partial charge in [-0.2, -0.15) is 0 Å². The van der Waals surface area contributed by atoms with E-state index >= 15 is 0 Å². The standard InChI is InChI=1S/C5H11NO3/c7-2-3-5(9)4(8)1-6-3/h3-9H,1-2H2/t3-,4?,5?/m1/s1. The minimum Gasteiger partial charge on any atom is -0.395 e. The molecule has 0 bridgehead atoms. The Bertz CT molecular complexity index is 98.2. The van der Waals surface area contributed by atoms with Crippen molar-refractivity contribution in [1.82, 2.24) is 5.32 Å². The van der Waals surface area contributed by atoms with Crippen LogP contribution in [0.4, 0.5) is 0 Å². The summed E-state index contributed by atoms with van der Waals surface area (Å²) in [7, 11) is 0. The maximum Gasteiger partial charge on any atom is 0.0986 e. The summed E-state index contributed by atoms with van der Waals surface area (Å²) >= 11 is 0. The van der Waals surface area contributed by atoms with Gasteiger partial charge in [-0.15, -0.1) is 0 Å². The number of β-amino-alcohol motifs (C(OH)–C–C–N with tert-alkyl or cyclic N) is 1. The van der Waals surface area contributed by atoms with Crippen LogP contribution in [0.15, 0.2) is 0 Å². The van der Waals surface area contributed by atoms with Gasteiger partial charge in [-0.1, -0.05) is 0 Å². The van der Waals surface area contributed by atoms with Gasteiger partial charge >= 0.3 is 0 Å². The number of aliphatic hydroxyl groups is 3. The number of hydrogen-bond acceptors (Lipinski definition) is 4. The van der Waals surface area contributed by atoms with E-state index in [2.05, 4.69) is 5.32 Å². The van der Waals surface area contributed by atoms with E-state index in [1.54, 1.807) is 0 Å². The molecule has 1 heterocycles. The Morgan fingerprint density at radius 2 is 2.11 bits per heavy atom. The normalized spacial score (nSPS) is 43.7. The van der Waals surface area contributed by atoms with Gasteiger partial charge in [0, 0.05) is 6.54 Å². The van der Waals surface area contributed by atoms with Crippen molar-refractivity contribution in [2.24, 2.45) is 0 Å². The van der Waals surface area contributed by atoms with Crippen LogP contribution >= 0.6 is 0 Å². The minimum atomic E-state index is -0.810. The zero-order valence-corrected chi connectivity index (χ0v) is 4.99. The van der Waals surface area contributed by atoms with Gasteiger partial charge in [-0.3, -0.25) is 0 Å². The first-order valence-corrected chi connectivity index (χ1v) is 2.96. The fraction of sp³-hybridized carbons (Fsp3) is 1.00. The zero-order valence-electron chi connectivity index (χ0n) is 4.99. The lowest BCUT2D eigenvalue weighted by Crippen LogP contribution is -2.35. The van der Waals surface area contributed by atoms with Gasteiger partial charge in [0.25, 0.3) is 0 Å². The highest BCUT2D eigenvalue weighted by Gasteiger charge is 2.31. The summed E-state index contributed by atoms with van der Waals surface area (Å²) in [6.07, 6.45) is -1.53. The van der Waals surface area contributed by atoms with Gasteiger partial charge in [-0.25, -0.2) is 0 Å². The fourth-order valence-electron chi connectivity index (χ4n) is 0.954. The lowest BCUT2D eigenvalue weighted by molar-refractivity contribution is 0.0295. The molecule has 3 atom stereocenters. The SMILES string of the molecule is OC[C@H]1NCC(O)C1O. The Labute approximate surface area is 53.1 Å². The maximum absolute atomic E-state index is 8.98. The monoisotopic (exact) mass is 133 g/mol. The molecule has 0 aromatic heterocycles. The average Bonchev–Trinajstić information content (AvgIpc) is 2.15. The molecule has 2 unspecified atom stereocenters. The summed E-state index contributed by atoms with van der Waals surface area (Å²) in [6.45, 7) is 0.241. The van der Waals surface area contributed by atoms with Crippen molar-refractivity contribution in [2.45, 2.75) is 18.2 Å². The van der Waals surface area contributed by atoms with Gasteiger partial charge < -0.3 is 20.6 Å². The Morgan fingerprint density at radius 1 is 1.44 bits per heavy atom. The molecule has 0 aliphatic carbocycles. The third kappa shape index (κ3) is 1.21. The predicted octanol–water partition coefficient (Wildman–Crippen LogP) is -2.33.